The molecule has 0 saturated carbocycles. The van der Waals surface area contributed by atoms with E-state index in [2.05, 4.69) is 64.5 Å². The summed E-state index contributed by atoms with van der Waals surface area (Å²) in [5.41, 5.74) is 8.90. The number of ether oxygens (including phenoxy) is 3. The van der Waals surface area contributed by atoms with Crippen LogP contribution in [0, 0.1) is 19.8 Å². The molecule has 0 bridgehead atoms. The molecule has 0 radical (unpaired) electrons. The van der Waals surface area contributed by atoms with Gasteiger partial charge >= 0.3 is 12.1 Å². The zero-order valence-electron chi connectivity index (χ0n) is 38.5. The van der Waals surface area contributed by atoms with Gasteiger partial charge in [-0.15, -0.1) is 0 Å². The van der Waals surface area contributed by atoms with Gasteiger partial charge in [0.15, 0.2) is 0 Å². The number of hydrogen-bond donors (Lipinski definition) is 2. The molecule has 5 aliphatic heterocycles. The van der Waals surface area contributed by atoms with Crippen molar-refractivity contribution < 1.29 is 28.6 Å². The zero-order valence-corrected chi connectivity index (χ0v) is 38.5. The lowest BCUT2D eigenvalue weighted by molar-refractivity contribution is -0.120. The van der Waals surface area contributed by atoms with Crippen LogP contribution in [0.2, 0.25) is 0 Å². The number of fused-ring (bicyclic) bond motifs is 2. The maximum Gasteiger partial charge on any atom is 0.415 e. The molecular weight excluding hydrogens is 827 g/mol. The molecule has 3 saturated heterocycles. The fourth-order valence-corrected chi connectivity index (χ4v) is 9.70. The molecule has 344 valence electrons. The summed E-state index contributed by atoms with van der Waals surface area (Å²) < 4.78 is 17.6. The third-order valence-corrected chi connectivity index (χ3v) is 13.1. The van der Waals surface area contributed by atoms with E-state index in [1.54, 1.807) is 16.9 Å². The first-order valence-electron chi connectivity index (χ1n) is 22.9. The topological polar surface area (TPSA) is 161 Å². The van der Waals surface area contributed by atoms with Crippen molar-refractivity contribution in [2.24, 2.45) is 5.92 Å². The Morgan fingerprint density at radius 2 is 1.65 bits per heavy atom. The standard InChI is InChI=1S/C48H61N11O6/c1-31-25-36(8-10-38(31)58-18-14-42(60)53-46(58)61)55-21-19-54(20-22-55)29-33-11-15-56(16-12-33)39-9-7-35(26-41(39)63-6)51-45-50-27-34-13-17-57(30-37(34)52-45)40-28-49-44-43(32(40)2)59(23-24-64-44)47(62)65-48(3,4)5/h7-10,25-28,33H,11-24,29-30H2,1-6H3,(H,50,51,52)(H,53,60,61). The molecule has 17 heteroatoms. The van der Waals surface area contributed by atoms with Crippen molar-refractivity contribution >= 4 is 58.1 Å². The summed E-state index contributed by atoms with van der Waals surface area (Å²) in [4.78, 5) is 64.6. The number of methoxy groups -OCH3 is 1. The molecule has 9 rings (SSSR count). The number of amides is 4. The maximum atomic E-state index is 13.2. The fraction of sp³-hybridized carbons (Fsp3) is 0.500. The van der Waals surface area contributed by atoms with Gasteiger partial charge in [-0.2, -0.15) is 0 Å². The van der Waals surface area contributed by atoms with Crippen molar-refractivity contribution in [1.29, 1.82) is 0 Å². The van der Waals surface area contributed by atoms with Gasteiger partial charge in [-0.05, 0) is 101 Å². The van der Waals surface area contributed by atoms with Crippen LogP contribution in [-0.2, 0) is 22.5 Å². The Morgan fingerprint density at radius 3 is 2.38 bits per heavy atom. The van der Waals surface area contributed by atoms with E-state index in [9.17, 15) is 14.4 Å². The second kappa shape index (κ2) is 18.3. The molecule has 65 heavy (non-hydrogen) atoms. The van der Waals surface area contributed by atoms with E-state index < -0.39 is 11.7 Å². The lowest BCUT2D eigenvalue weighted by atomic mass is 9.95. The molecule has 2 aromatic heterocycles. The Labute approximate surface area is 381 Å². The number of rotatable bonds is 9. The molecule has 5 aliphatic rings. The number of nitrogens with one attached hydrogen (secondary N) is 2. The number of carbonyl (C=O) groups excluding carboxylic acids is 3. The van der Waals surface area contributed by atoms with Gasteiger partial charge in [0.1, 0.15) is 23.6 Å². The molecule has 17 nitrogen and oxygen atoms in total. The average Bonchev–Trinajstić information content (AvgIpc) is 3.29. The Morgan fingerprint density at radius 1 is 0.862 bits per heavy atom. The number of nitrogens with zero attached hydrogens (tertiary/aromatic N) is 9. The smallest absolute Gasteiger partial charge is 0.415 e. The number of aryl methyl sites for hydroxylation is 1. The normalized spacial score (nSPS) is 18.5. The molecule has 2 N–H and O–H groups in total. The van der Waals surface area contributed by atoms with Crippen molar-refractivity contribution in [2.75, 3.05) is 109 Å². The highest BCUT2D eigenvalue weighted by molar-refractivity contribution is 6.06. The van der Waals surface area contributed by atoms with E-state index in [-0.39, 0.29) is 11.9 Å². The van der Waals surface area contributed by atoms with E-state index in [1.807, 2.05) is 59.1 Å². The highest BCUT2D eigenvalue weighted by Crippen LogP contribution is 2.40. The van der Waals surface area contributed by atoms with Crippen molar-refractivity contribution in [2.45, 2.75) is 72.4 Å². The lowest BCUT2D eigenvalue weighted by Crippen LogP contribution is -2.50. The molecule has 4 aromatic rings. The van der Waals surface area contributed by atoms with Gasteiger partial charge in [-0.3, -0.25) is 24.8 Å². The number of aromatic nitrogens is 3. The van der Waals surface area contributed by atoms with Crippen LogP contribution in [0.3, 0.4) is 0 Å². The van der Waals surface area contributed by atoms with Crippen molar-refractivity contribution in [3.8, 4) is 11.6 Å². The highest BCUT2D eigenvalue weighted by Gasteiger charge is 2.34. The quantitative estimate of drug-likeness (QED) is 0.189. The largest absolute Gasteiger partial charge is 0.495 e. The molecule has 0 atom stereocenters. The maximum absolute atomic E-state index is 13.2. The SMILES string of the molecule is COc1cc(Nc2ncc3c(n2)CN(c2cnc4c(c2C)N(C(=O)OC(C)(C)C)CCO4)CC3)ccc1N1CCC(CN2CCN(c3ccc(N4CCC(=O)NC4=O)c(C)c3)CC2)CC1. The van der Waals surface area contributed by atoms with Gasteiger partial charge in [0.25, 0.3) is 0 Å². The summed E-state index contributed by atoms with van der Waals surface area (Å²) in [5.74, 6) is 2.18. The second-order valence-corrected chi connectivity index (χ2v) is 18.7. The van der Waals surface area contributed by atoms with Gasteiger partial charge in [-0.1, -0.05) is 0 Å². The van der Waals surface area contributed by atoms with Crippen LogP contribution in [0.4, 0.5) is 49.7 Å². The first-order chi connectivity index (χ1) is 31.3. The number of carbonyl (C=O) groups is 3. The predicted molar refractivity (Wildman–Crippen MR) is 251 cm³/mol. The molecule has 4 amide bonds. The Hall–Kier alpha value is -6.36. The summed E-state index contributed by atoms with van der Waals surface area (Å²) in [6, 6.07) is 12.1. The second-order valence-electron chi connectivity index (χ2n) is 18.7. The average molecular weight is 888 g/mol. The van der Waals surface area contributed by atoms with Gasteiger partial charge in [0, 0.05) is 100 Å². The number of anilines is 7. The van der Waals surface area contributed by atoms with E-state index in [1.165, 1.54) is 5.69 Å². The number of piperazine rings is 1. The number of urea groups is 1. The van der Waals surface area contributed by atoms with Crippen LogP contribution >= 0.6 is 0 Å². The van der Waals surface area contributed by atoms with Gasteiger partial charge in [-0.25, -0.2) is 24.5 Å². The number of piperidine rings is 1. The van der Waals surface area contributed by atoms with Crippen molar-refractivity contribution in [3.63, 3.8) is 0 Å². The predicted octanol–water partition coefficient (Wildman–Crippen LogP) is 6.42. The minimum atomic E-state index is -0.623. The van der Waals surface area contributed by atoms with Crippen LogP contribution in [0.25, 0.3) is 0 Å². The summed E-state index contributed by atoms with van der Waals surface area (Å²) in [5, 5.41) is 5.85. The Balaban J connectivity index is 0.777. The van der Waals surface area contributed by atoms with Crippen molar-refractivity contribution in [3.05, 3.63) is 71.2 Å². The fourth-order valence-electron chi connectivity index (χ4n) is 9.70. The van der Waals surface area contributed by atoms with Crippen LogP contribution in [0.1, 0.15) is 62.4 Å². The van der Waals surface area contributed by atoms with Gasteiger partial charge < -0.3 is 34.2 Å². The Bertz CT molecular complexity index is 2440. The third-order valence-electron chi connectivity index (χ3n) is 13.1. The zero-order chi connectivity index (χ0) is 45.4. The molecule has 0 unspecified atom stereocenters. The number of hydrogen-bond acceptors (Lipinski definition) is 14. The molecule has 3 fully saturated rings. The summed E-state index contributed by atoms with van der Waals surface area (Å²) >= 11 is 0. The first kappa shape index (κ1) is 43.9. The van der Waals surface area contributed by atoms with Crippen LogP contribution in [0.5, 0.6) is 11.6 Å². The first-order valence-corrected chi connectivity index (χ1v) is 22.9. The molecule has 7 heterocycles. The molecule has 0 aliphatic carbocycles. The van der Waals surface area contributed by atoms with E-state index >= 15 is 0 Å². The number of pyridine rings is 1. The van der Waals surface area contributed by atoms with E-state index in [4.69, 9.17) is 19.2 Å². The summed E-state index contributed by atoms with van der Waals surface area (Å²) in [7, 11) is 1.72. The molecular formula is C48H61N11O6. The summed E-state index contributed by atoms with van der Waals surface area (Å²) in [6.45, 7) is 19.1. The lowest BCUT2D eigenvalue weighted by Gasteiger charge is -2.40. The Kier molecular flexibility index (Phi) is 12.3. The van der Waals surface area contributed by atoms with Gasteiger partial charge in [0.05, 0.1) is 43.5 Å². The van der Waals surface area contributed by atoms with Gasteiger partial charge in [0.2, 0.25) is 17.7 Å². The van der Waals surface area contributed by atoms with Crippen LogP contribution in [-0.4, -0.2) is 123 Å². The summed E-state index contributed by atoms with van der Waals surface area (Å²) in [6.07, 6.45) is 6.67. The monoisotopic (exact) mass is 887 g/mol. The third kappa shape index (κ3) is 9.56. The van der Waals surface area contributed by atoms with E-state index in [0.717, 1.165) is 123 Å². The van der Waals surface area contributed by atoms with Crippen LogP contribution < -0.4 is 44.6 Å². The molecule has 2 aromatic carbocycles. The van der Waals surface area contributed by atoms with E-state index in [0.29, 0.717) is 56.1 Å². The highest BCUT2D eigenvalue weighted by atomic mass is 16.6. The minimum Gasteiger partial charge on any atom is -0.495 e. The number of benzene rings is 2. The number of imide groups is 1. The minimum absolute atomic E-state index is 0.220. The van der Waals surface area contributed by atoms with Crippen LogP contribution in [0.15, 0.2) is 48.8 Å². The molecule has 0 spiro atoms. The van der Waals surface area contributed by atoms with Crippen molar-refractivity contribution in [1.82, 2.24) is 25.2 Å².